The molecule has 2 rings (SSSR count). The van der Waals surface area contributed by atoms with E-state index in [1.54, 1.807) is 0 Å². The molecule has 188 valence electrons. The van der Waals surface area contributed by atoms with Gasteiger partial charge in [-0.3, -0.25) is 4.79 Å². The van der Waals surface area contributed by atoms with E-state index < -0.39 is 0 Å². The fourth-order valence-electron chi connectivity index (χ4n) is 5.43. The van der Waals surface area contributed by atoms with E-state index in [0.29, 0.717) is 5.78 Å². The highest BCUT2D eigenvalue weighted by atomic mass is 16.1. The summed E-state index contributed by atoms with van der Waals surface area (Å²) >= 11 is 0. The number of Topliss-reactive ketones (excluding diaryl/α,β-unsaturated/α-hetero) is 1. The molecule has 2 aliphatic carbocycles. The highest BCUT2D eigenvalue weighted by Gasteiger charge is 2.47. The van der Waals surface area contributed by atoms with Crippen LogP contribution in [0.15, 0.2) is 71.9 Å². The Balaban J connectivity index is 2.85. The van der Waals surface area contributed by atoms with Crippen molar-refractivity contribution >= 4 is 5.78 Å². The van der Waals surface area contributed by atoms with Gasteiger partial charge in [0.1, 0.15) is 0 Å². The Labute approximate surface area is 210 Å². The second-order valence-electron chi connectivity index (χ2n) is 14.4. The van der Waals surface area contributed by atoms with E-state index in [2.05, 4.69) is 121 Å². The maximum Gasteiger partial charge on any atom is 0.155 e. The van der Waals surface area contributed by atoms with Gasteiger partial charge in [0.15, 0.2) is 5.78 Å². The molecule has 0 aromatic carbocycles. The second-order valence-corrected chi connectivity index (χ2v) is 14.4. The first-order valence-electron chi connectivity index (χ1n) is 12.9. The molecule has 0 saturated heterocycles. The van der Waals surface area contributed by atoms with Gasteiger partial charge in [-0.25, -0.2) is 0 Å². The predicted octanol–water partition coefficient (Wildman–Crippen LogP) is 9.31. The molecular formula is C33H50O. The lowest BCUT2D eigenvalue weighted by Gasteiger charge is -2.45. The molecule has 0 amide bonds. The van der Waals surface area contributed by atoms with E-state index >= 15 is 0 Å². The van der Waals surface area contributed by atoms with Gasteiger partial charge in [0.05, 0.1) is 11.8 Å². The summed E-state index contributed by atoms with van der Waals surface area (Å²) in [6.07, 6.45) is 13.2. The van der Waals surface area contributed by atoms with Crippen molar-refractivity contribution in [3.63, 3.8) is 0 Å². The molecule has 0 N–H and O–H groups in total. The molecule has 0 aromatic heterocycles. The first kappa shape index (κ1) is 28.3. The Hall–Kier alpha value is -1.89. The monoisotopic (exact) mass is 462 g/mol. The van der Waals surface area contributed by atoms with Crippen LogP contribution in [-0.2, 0) is 4.79 Å². The third-order valence-electron chi connectivity index (χ3n) is 7.31. The van der Waals surface area contributed by atoms with E-state index in [0.717, 1.165) is 0 Å². The molecule has 0 aromatic rings. The first-order valence-corrected chi connectivity index (χ1v) is 12.9. The third-order valence-corrected chi connectivity index (χ3v) is 7.31. The summed E-state index contributed by atoms with van der Waals surface area (Å²) < 4.78 is 0. The zero-order chi connectivity index (χ0) is 26.4. The Morgan fingerprint density at radius 2 is 0.765 bits per heavy atom. The van der Waals surface area contributed by atoms with Crippen LogP contribution in [0.3, 0.4) is 0 Å². The topological polar surface area (TPSA) is 17.1 Å². The standard InChI is InChI=1S/C33H50O/c1-15-21-17-23(30(3,4)5)27(24(18-21)31(6,7)8)29(34)28-25(32(9,10)11)19-22(16-2)20-26(28)33(12,13)14/h15-22,27-28H,1-2H2,3-14H3. The zero-order valence-electron chi connectivity index (χ0n) is 24.1. The lowest BCUT2D eigenvalue weighted by molar-refractivity contribution is -0.124. The molecule has 34 heavy (non-hydrogen) atoms. The maximum absolute atomic E-state index is 15.0. The number of hydrogen-bond acceptors (Lipinski definition) is 1. The van der Waals surface area contributed by atoms with Crippen molar-refractivity contribution in [3.05, 3.63) is 71.9 Å². The highest BCUT2D eigenvalue weighted by molar-refractivity contribution is 5.94. The fourth-order valence-corrected chi connectivity index (χ4v) is 5.43. The van der Waals surface area contributed by atoms with Crippen LogP contribution in [0, 0.1) is 45.3 Å². The number of carbonyl (C=O) groups excluding carboxylic acids is 1. The molecule has 0 spiro atoms. The first-order chi connectivity index (χ1) is 15.2. The molecule has 0 saturated carbocycles. The lowest BCUT2D eigenvalue weighted by atomic mass is 9.58. The largest absolute Gasteiger partial charge is 0.298 e. The molecule has 1 nitrogen and oxygen atoms in total. The Morgan fingerprint density at radius 1 is 0.559 bits per heavy atom. The molecule has 2 aliphatic rings. The summed E-state index contributed by atoms with van der Waals surface area (Å²) in [5, 5.41) is 0. The Bertz CT molecular complexity index is 806. The number of rotatable bonds is 4. The van der Waals surface area contributed by atoms with Crippen LogP contribution in [0.4, 0.5) is 0 Å². The van der Waals surface area contributed by atoms with E-state index in [4.69, 9.17) is 0 Å². The molecular weight excluding hydrogens is 412 g/mol. The van der Waals surface area contributed by atoms with Crippen LogP contribution in [0.1, 0.15) is 83.1 Å². The Kier molecular flexibility index (Phi) is 7.74. The third kappa shape index (κ3) is 5.84. The molecule has 0 radical (unpaired) electrons. The zero-order valence-corrected chi connectivity index (χ0v) is 24.1. The summed E-state index contributed by atoms with van der Waals surface area (Å²) in [5.74, 6) is 0.143. The van der Waals surface area contributed by atoms with E-state index in [9.17, 15) is 4.79 Å². The molecule has 0 aliphatic heterocycles. The van der Waals surface area contributed by atoms with Crippen molar-refractivity contribution in [1.82, 2.24) is 0 Å². The van der Waals surface area contributed by atoms with Gasteiger partial charge < -0.3 is 0 Å². The second kappa shape index (κ2) is 9.29. The molecule has 0 unspecified atom stereocenters. The van der Waals surface area contributed by atoms with Crippen molar-refractivity contribution in [2.75, 3.05) is 0 Å². The molecule has 0 heterocycles. The van der Waals surface area contributed by atoms with Crippen molar-refractivity contribution in [2.24, 2.45) is 45.3 Å². The van der Waals surface area contributed by atoms with Crippen LogP contribution in [0.2, 0.25) is 0 Å². The van der Waals surface area contributed by atoms with E-state index in [-0.39, 0.29) is 45.3 Å². The number of hydrogen-bond donors (Lipinski definition) is 0. The summed E-state index contributed by atoms with van der Waals surface area (Å²) in [4.78, 5) is 15.0. The number of allylic oxidation sites excluding steroid dienone is 10. The van der Waals surface area contributed by atoms with Gasteiger partial charge in [-0.2, -0.15) is 0 Å². The summed E-state index contributed by atoms with van der Waals surface area (Å²) in [6, 6.07) is 0. The van der Waals surface area contributed by atoms with Gasteiger partial charge >= 0.3 is 0 Å². The van der Waals surface area contributed by atoms with Gasteiger partial charge in [-0.1, -0.05) is 142 Å². The minimum Gasteiger partial charge on any atom is -0.298 e. The van der Waals surface area contributed by atoms with Crippen molar-refractivity contribution < 1.29 is 4.79 Å². The highest BCUT2D eigenvalue weighted by Crippen LogP contribution is 2.52. The van der Waals surface area contributed by atoms with Gasteiger partial charge in [0.25, 0.3) is 0 Å². The molecule has 0 bridgehead atoms. The average molecular weight is 463 g/mol. The van der Waals surface area contributed by atoms with Crippen LogP contribution in [0.25, 0.3) is 0 Å². The van der Waals surface area contributed by atoms with Gasteiger partial charge in [0.2, 0.25) is 0 Å². The number of carbonyl (C=O) groups is 1. The molecule has 0 fully saturated rings. The van der Waals surface area contributed by atoms with E-state index in [1.165, 1.54) is 22.3 Å². The van der Waals surface area contributed by atoms with Crippen molar-refractivity contribution in [3.8, 4) is 0 Å². The van der Waals surface area contributed by atoms with Crippen LogP contribution in [-0.4, -0.2) is 5.78 Å². The SMILES string of the molecule is C=CC1C=C(C(C)(C)C)C(C(=O)C2C(C(C)(C)C)=CC(C=C)C=C2C(C)(C)C)C(C(C)(C)C)=C1. The molecule has 1 heteroatoms. The van der Waals surface area contributed by atoms with Crippen LogP contribution >= 0.6 is 0 Å². The number of ketones is 1. The fraction of sp³-hybridized carbons (Fsp3) is 0.606. The van der Waals surface area contributed by atoms with E-state index in [1.807, 2.05) is 12.2 Å². The predicted molar refractivity (Wildman–Crippen MR) is 150 cm³/mol. The minimum atomic E-state index is -0.238. The van der Waals surface area contributed by atoms with Gasteiger partial charge in [-0.05, 0) is 21.7 Å². The van der Waals surface area contributed by atoms with Crippen molar-refractivity contribution in [1.29, 1.82) is 0 Å². The Morgan fingerprint density at radius 3 is 0.912 bits per heavy atom. The van der Waals surface area contributed by atoms with Crippen LogP contribution in [0.5, 0.6) is 0 Å². The summed E-state index contributed by atoms with van der Waals surface area (Å²) in [7, 11) is 0. The minimum absolute atomic E-state index is 0.123. The average Bonchev–Trinajstić information content (AvgIpc) is 2.68. The van der Waals surface area contributed by atoms with Gasteiger partial charge in [0, 0.05) is 11.8 Å². The maximum atomic E-state index is 15.0. The van der Waals surface area contributed by atoms with Crippen molar-refractivity contribution in [2.45, 2.75) is 83.1 Å². The summed E-state index contributed by atoms with van der Waals surface area (Å²) in [6.45, 7) is 35.0. The quantitative estimate of drug-likeness (QED) is 0.380. The van der Waals surface area contributed by atoms with Crippen LogP contribution < -0.4 is 0 Å². The normalized spacial score (nSPS) is 26.7. The molecule has 0 atom stereocenters. The smallest absolute Gasteiger partial charge is 0.155 e. The summed E-state index contributed by atoms with van der Waals surface area (Å²) in [5.41, 5.74) is 4.40. The lowest BCUT2D eigenvalue weighted by Crippen LogP contribution is -2.42. The van der Waals surface area contributed by atoms with Gasteiger partial charge in [-0.15, -0.1) is 13.2 Å².